The molecule has 1 aromatic carbocycles. The van der Waals surface area contributed by atoms with Crippen LogP contribution in [0.5, 0.6) is 0 Å². The fourth-order valence-electron chi connectivity index (χ4n) is 2.47. The summed E-state index contributed by atoms with van der Waals surface area (Å²) in [6.07, 6.45) is 2.96. The smallest absolute Gasteiger partial charge is 0.261 e. The highest BCUT2D eigenvalue weighted by atomic mass is 19.1. The standard InChI is InChI=1S/C18H18FN5O2/c1-23(2)16-7-12(5-6-20-16)9-21-17(25)10-24-11-22-15-4-3-13(19)8-14(15)18(24)26/h3-8,11H,9-10H2,1-2H3,(H,21,25). The van der Waals surface area contributed by atoms with E-state index >= 15 is 0 Å². The second kappa shape index (κ2) is 7.30. The lowest BCUT2D eigenvalue weighted by Crippen LogP contribution is -2.32. The number of anilines is 1. The van der Waals surface area contributed by atoms with Gasteiger partial charge >= 0.3 is 0 Å². The van der Waals surface area contributed by atoms with Gasteiger partial charge in [0, 0.05) is 26.8 Å². The van der Waals surface area contributed by atoms with Crippen LogP contribution in [0.3, 0.4) is 0 Å². The largest absolute Gasteiger partial charge is 0.363 e. The number of halogens is 1. The van der Waals surface area contributed by atoms with Crippen molar-refractivity contribution in [3.05, 3.63) is 64.6 Å². The van der Waals surface area contributed by atoms with Gasteiger partial charge in [0.25, 0.3) is 5.56 Å². The van der Waals surface area contributed by atoms with Crippen molar-refractivity contribution < 1.29 is 9.18 Å². The van der Waals surface area contributed by atoms with Crippen LogP contribution in [0.25, 0.3) is 10.9 Å². The lowest BCUT2D eigenvalue weighted by atomic mass is 10.2. The molecule has 0 fully saturated rings. The Hall–Kier alpha value is -3.29. The quantitative estimate of drug-likeness (QED) is 0.747. The van der Waals surface area contributed by atoms with Crippen LogP contribution in [-0.4, -0.2) is 34.5 Å². The van der Waals surface area contributed by atoms with E-state index in [-0.39, 0.29) is 17.8 Å². The third-order valence-corrected chi connectivity index (χ3v) is 3.86. The van der Waals surface area contributed by atoms with Crippen LogP contribution in [0.1, 0.15) is 5.56 Å². The highest BCUT2D eigenvalue weighted by Gasteiger charge is 2.09. The zero-order valence-electron chi connectivity index (χ0n) is 14.4. The van der Waals surface area contributed by atoms with E-state index in [1.165, 1.54) is 18.5 Å². The van der Waals surface area contributed by atoms with Crippen LogP contribution in [0.4, 0.5) is 10.2 Å². The molecule has 0 aliphatic carbocycles. The highest BCUT2D eigenvalue weighted by molar-refractivity contribution is 5.79. The molecule has 2 aromatic heterocycles. The summed E-state index contributed by atoms with van der Waals surface area (Å²) in [6, 6.07) is 7.47. The number of hydrogen-bond acceptors (Lipinski definition) is 5. The SMILES string of the molecule is CN(C)c1cc(CNC(=O)Cn2cnc3ccc(F)cc3c2=O)ccn1. The molecule has 8 heteroatoms. The van der Waals surface area contributed by atoms with E-state index in [0.29, 0.717) is 12.1 Å². The summed E-state index contributed by atoms with van der Waals surface area (Å²) in [7, 11) is 3.76. The molecule has 3 rings (SSSR count). The Labute approximate surface area is 149 Å². The second-order valence-electron chi connectivity index (χ2n) is 6.03. The summed E-state index contributed by atoms with van der Waals surface area (Å²) in [6.45, 7) is 0.122. The fraction of sp³-hybridized carbons (Fsp3) is 0.222. The molecule has 7 nitrogen and oxygen atoms in total. The molecular formula is C18H18FN5O2. The Kier molecular flexibility index (Phi) is 4.92. The van der Waals surface area contributed by atoms with E-state index in [2.05, 4.69) is 15.3 Å². The van der Waals surface area contributed by atoms with Gasteiger partial charge in [0.05, 0.1) is 17.2 Å². The maximum atomic E-state index is 13.3. The van der Waals surface area contributed by atoms with Crippen LogP contribution >= 0.6 is 0 Å². The zero-order valence-corrected chi connectivity index (χ0v) is 14.4. The Morgan fingerprint density at radius 2 is 2.04 bits per heavy atom. The Bertz CT molecular complexity index is 1020. The van der Waals surface area contributed by atoms with Gasteiger partial charge in [-0.15, -0.1) is 0 Å². The molecule has 0 bridgehead atoms. The first-order valence-corrected chi connectivity index (χ1v) is 7.97. The molecule has 0 atom stereocenters. The van der Waals surface area contributed by atoms with Gasteiger partial charge in [-0.25, -0.2) is 14.4 Å². The number of fused-ring (bicyclic) bond motifs is 1. The molecule has 2 heterocycles. The minimum Gasteiger partial charge on any atom is -0.363 e. The maximum Gasteiger partial charge on any atom is 0.261 e. The third-order valence-electron chi connectivity index (χ3n) is 3.86. The predicted molar refractivity (Wildman–Crippen MR) is 96.4 cm³/mol. The van der Waals surface area contributed by atoms with Crippen molar-refractivity contribution in [2.24, 2.45) is 0 Å². The van der Waals surface area contributed by atoms with E-state index < -0.39 is 11.4 Å². The van der Waals surface area contributed by atoms with Crippen LogP contribution in [-0.2, 0) is 17.9 Å². The molecule has 1 N–H and O–H groups in total. The molecule has 0 aliphatic heterocycles. The summed E-state index contributed by atoms with van der Waals surface area (Å²) in [5, 5.41) is 2.90. The van der Waals surface area contributed by atoms with Gasteiger partial charge in [-0.1, -0.05) is 0 Å². The van der Waals surface area contributed by atoms with E-state index in [4.69, 9.17) is 0 Å². The molecule has 0 aliphatic rings. The molecule has 3 aromatic rings. The number of hydrogen-bond donors (Lipinski definition) is 1. The molecule has 0 saturated heterocycles. The van der Waals surface area contributed by atoms with Crippen LogP contribution in [0.2, 0.25) is 0 Å². The van der Waals surface area contributed by atoms with Crippen molar-refractivity contribution >= 4 is 22.6 Å². The Morgan fingerprint density at radius 3 is 2.81 bits per heavy atom. The summed E-state index contributed by atoms with van der Waals surface area (Å²) in [4.78, 5) is 34.7. The first-order chi connectivity index (χ1) is 12.4. The van der Waals surface area contributed by atoms with Gasteiger partial charge in [-0.2, -0.15) is 0 Å². The van der Waals surface area contributed by atoms with Crippen molar-refractivity contribution in [3.63, 3.8) is 0 Å². The van der Waals surface area contributed by atoms with E-state index in [1.807, 2.05) is 25.1 Å². The van der Waals surface area contributed by atoms with Crippen LogP contribution in [0.15, 0.2) is 47.7 Å². The van der Waals surface area contributed by atoms with Gasteiger partial charge in [0.15, 0.2) is 0 Å². The van der Waals surface area contributed by atoms with Gasteiger partial charge in [0.2, 0.25) is 5.91 Å². The van der Waals surface area contributed by atoms with Gasteiger partial charge in [-0.3, -0.25) is 14.2 Å². The average Bonchev–Trinajstić information content (AvgIpc) is 2.63. The number of nitrogens with one attached hydrogen (secondary N) is 1. The average molecular weight is 355 g/mol. The topological polar surface area (TPSA) is 80.1 Å². The summed E-state index contributed by atoms with van der Waals surface area (Å²) < 4.78 is 14.5. The van der Waals surface area contributed by atoms with Gasteiger partial charge < -0.3 is 10.2 Å². The van der Waals surface area contributed by atoms with Crippen LogP contribution < -0.4 is 15.8 Å². The summed E-state index contributed by atoms with van der Waals surface area (Å²) in [5.74, 6) is -0.0745. The molecule has 0 saturated carbocycles. The molecule has 0 spiro atoms. The molecule has 0 radical (unpaired) electrons. The zero-order chi connectivity index (χ0) is 18.7. The molecule has 26 heavy (non-hydrogen) atoms. The van der Waals surface area contributed by atoms with E-state index in [9.17, 15) is 14.0 Å². The third kappa shape index (κ3) is 3.85. The van der Waals surface area contributed by atoms with E-state index in [0.717, 1.165) is 22.0 Å². The molecular weight excluding hydrogens is 337 g/mol. The first-order valence-electron chi connectivity index (χ1n) is 7.97. The van der Waals surface area contributed by atoms with Crippen molar-refractivity contribution in [1.82, 2.24) is 19.9 Å². The summed E-state index contributed by atoms with van der Waals surface area (Å²) in [5.41, 5.74) is 0.826. The normalized spacial score (nSPS) is 10.7. The Morgan fingerprint density at radius 1 is 1.23 bits per heavy atom. The highest BCUT2D eigenvalue weighted by Crippen LogP contribution is 2.10. The predicted octanol–water partition coefficient (Wildman–Crippen LogP) is 1.31. The lowest BCUT2D eigenvalue weighted by molar-refractivity contribution is -0.121. The minimum atomic E-state index is -0.520. The van der Waals surface area contributed by atoms with Gasteiger partial charge in [0.1, 0.15) is 18.2 Å². The molecule has 1 amide bonds. The number of aromatic nitrogens is 3. The first kappa shape index (κ1) is 17.5. The van der Waals surface area contributed by atoms with Crippen molar-refractivity contribution in [2.75, 3.05) is 19.0 Å². The maximum absolute atomic E-state index is 13.3. The number of rotatable bonds is 5. The van der Waals surface area contributed by atoms with E-state index in [1.54, 1.807) is 12.3 Å². The number of benzene rings is 1. The number of carbonyl (C=O) groups excluding carboxylic acids is 1. The number of carbonyl (C=O) groups is 1. The monoisotopic (exact) mass is 355 g/mol. The fourth-order valence-corrected chi connectivity index (χ4v) is 2.47. The van der Waals surface area contributed by atoms with Crippen molar-refractivity contribution in [1.29, 1.82) is 0 Å². The lowest BCUT2D eigenvalue weighted by Gasteiger charge is -2.12. The van der Waals surface area contributed by atoms with Crippen molar-refractivity contribution in [2.45, 2.75) is 13.1 Å². The van der Waals surface area contributed by atoms with Crippen molar-refractivity contribution in [3.8, 4) is 0 Å². The number of nitrogens with zero attached hydrogens (tertiary/aromatic N) is 4. The minimum absolute atomic E-state index is 0.144. The summed E-state index contributed by atoms with van der Waals surface area (Å²) >= 11 is 0. The molecule has 0 unspecified atom stereocenters. The second-order valence-corrected chi connectivity index (χ2v) is 6.03. The Balaban J connectivity index is 1.70. The molecule has 134 valence electrons. The number of amides is 1. The van der Waals surface area contributed by atoms with Crippen LogP contribution in [0, 0.1) is 5.82 Å². The number of pyridine rings is 1. The van der Waals surface area contributed by atoms with Gasteiger partial charge in [-0.05, 0) is 35.9 Å².